The van der Waals surface area contributed by atoms with Crippen LogP contribution in [0.1, 0.15) is 59.0 Å². The molecule has 6 heteroatoms. The molecule has 202 valence electrons. The molecule has 0 radical (unpaired) electrons. The van der Waals surface area contributed by atoms with Crippen LogP contribution < -0.4 is 10.1 Å². The molecule has 0 spiro atoms. The maximum Gasteiger partial charge on any atom is 0.262 e. The second kappa shape index (κ2) is 11.2. The molecule has 0 aromatic heterocycles. The second-order valence-corrected chi connectivity index (χ2v) is 10.6. The Labute approximate surface area is 234 Å². The lowest BCUT2D eigenvalue weighted by atomic mass is 9.82. The van der Waals surface area contributed by atoms with E-state index in [0.717, 1.165) is 22.6 Å². The first-order valence-electron chi connectivity index (χ1n) is 13.5. The topological polar surface area (TPSA) is 75.7 Å². The number of fused-ring (bicyclic) bond motifs is 1. The molecule has 1 N–H and O–H groups in total. The van der Waals surface area contributed by atoms with Gasteiger partial charge in [0.1, 0.15) is 17.5 Å². The van der Waals surface area contributed by atoms with E-state index in [4.69, 9.17) is 4.74 Å². The van der Waals surface area contributed by atoms with E-state index in [0.29, 0.717) is 22.6 Å². The number of hydrogen-bond acceptors (Lipinski definition) is 4. The number of imide groups is 1. The summed E-state index contributed by atoms with van der Waals surface area (Å²) >= 11 is 0. The molecule has 5 rings (SSSR count). The zero-order valence-corrected chi connectivity index (χ0v) is 22.9. The van der Waals surface area contributed by atoms with Crippen LogP contribution in [-0.2, 0) is 16.6 Å². The SMILES string of the molecule is CCC(C)(C)c1ccc(Oc2ccc(NC(=O)[C@@H](Cc3ccccc3)N3C(=O)c4ccccc4C3=O)cc2)cc1. The van der Waals surface area contributed by atoms with Gasteiger partial charge in [0.2, 0.25) is 5.91 Å². The number of benzene rings is 4. The monoisotopic (exact) mass is 532 g/mol. The van der Waals surface area contributed by atoms with Gasteiger partial charge in [0.05, 0.1) is 11.1 Å². The van der Waals surface area contributed by atoms with Gasteiger partial charge in [-0.1, -0.05) is 75.4 Å². The molecule has 40 heavy (non-hydrogen) atoms. The highest BCUT2D eigenvalue weighted by Crippen LogP contribution is 2.30. The number of carbonyl (C=O) groups excluding carboxylic acids is 3. The summed E-state index contributed by atoms with van der Waals surface area (Å²) in [7, 11) is 0. The average Bonchev–Trinajstić information content (AvgIpc) is 3.23. The molecule has 0 fully saturated rings. The Balaban J connectivity index is 1.32. The zero-order chi connectivity index (χ0) is 28.3. The van der Waals surface area contributed by atoms with E-state index < -0.39 is 23.8 Å². The van der Waals surface area contributed by atoms with Crippen LogP contribution in [0.25, 0.3) is 0 Å². The van der Waals surface area contributed by atoms with Gasteiger partial charge in [-0.2, -0.15) is 0 Å². The number of anilines is 1. The van der Waals surface area contributed by atoms with Gasteiger partial charge in [0.25, 0.3) is 11.8 Å². The van der Waals surface area contributed by atoms with Crippen LogP contribution in [0, 0.1) is 0 Å². The predicted molar refractivity (Wildman–Crippen MR) is 156 cm³/mol. The van der Waals surface area contributed by atoms with E-state index in [1.807, 2.05) is 42.5 Å². The van der Waals surface area contributed by atoms with Crippen LogP contribution in [-0.4, -0.2) is 28.7 Å². The Morgan fingerprint density at radius 3 is 1.85 bits per heavy atom. The van der Waals surface area contributed by atoms with Crippen molar-refractivity contribution in [3.05, 3.63) is 125 Å². The highest BCUT2D eigenvalue weighted by molar-refractivity contribution is 6.23. The largest absolute Gasteiger partial charge is 0.457 e. The maximum absolute atomic E-state index is 13.6. The third kappa shape index (κ3) is 5.52. The number of carbonyl (C=O) groups is 3. The Morgan fingerprint density at radius 2 is 1.30 bits per heavy atom. The standard InChI is InChI=1S/C34H32N2O4/c1-4-34(2,3)24-14-18-26(19-15-24)40-27-20-16-25(17-21-27)35-31(37)30(22-23-10-6-5-7-11-23)36-32(38)28-12-8-9-13-29(28)33(36)39/h5-21,30H,4,22H2,1-3H3,(H,35,37)/t30-/m1/s1. The lowest BCUT2D eigenvalue weighted by Gasteiger charge is -2.25. The highest BCUT2D eigenvalue weighted by Gasteiger charge is 2.42. The Bertz CT molecular complexity index is 1490. The minimum atomic E-state index is -1.02. The molecule has 1 atom stereocenters. The zero-order valence-electron chi connectivity index (χ0n) is 22.9. The molecule has 0 saturated carbocycles. The van der Waals surface area contributed by atoms with Gasteiger partial charge in [0.15, 0.2) is 0 Å². The molecule has 4 aromatic carbocycles. The van der Waals surface area contributed by atoms with E-state index in [9.17, 15) is 14.4 Å². The van der Waals surface area contributed by atoms with E-state index in [1.165, 1.54) is 5.56 Å². The third-order valence-electron chi connectivity index (χ3n) is 7.59. The van der Waals surface area contributed by atoms with Gasteiger partial charge < -0.3 is 10.1 Å². The predicted octanol–water partition coefficient (Wildman–Crippen LogP) is 7.01. The smallest absolute Gasteiger partial charge is 0.262 e. The van der Waals surface area contributed by atoms with E-state index in [1.54, 1.807) is 48.5 Å². The molecular weight excluding hydrogens is 500 g/mol. The molecule has 1 heterocycles. The van der Waals surface area contributed by atoms with Crippen LogP contribution >= 0.6 is 0 Å². The summed E-state index contributed by atoms with van der Waals surface area (Å²) in [6.07, 6.45) is 1.24. The quantitative estimate of drug-likeness (QED) is 0.235. The van der Waals surface area contributed by atoms with Crippen molar-refractivity contribution in [2.24, 2.45) is 0 Å². The summed E-state index contributed by atoms with van der Waals surface area (Å²) in [6, 6.07) is 30.1. The number of rotatable bonds is 9. The molecule has 3 amide bonds. The lowest BCUT2D eigenvalue weighted by molar-refractivity contribution is -0.119. The molecule has 0 saturated heterocycles. The fourth-order valence-corrected chi connectivity index (χ4v) is 4.78. The molecule has 1 aliphatic heterocycles. The van der Waals surface area contributed by atoms with Crippen molar-refractivity contribution >= 4 is 23.4 Å². The third-order valence-corrected chi connectivity index (χ3v) is 7.59. The normalized spacial score (nSPS) is 13.6. The molecule has 1 aliphatic rings. The van der Waals surface area contributed by atoms with E-state index >= 15 is 0 Å². The van der Waals surface area contributed by atoms with Crippen molar-refractivity contribution in [1.29, 1.82) is 0 Å². The molecule has 4 aromatic rings. The van der Waals surface area contributed by atoms with Crippen LogP contribution in [0.5, 0.6) is 11.5 Å². The maximum atomic E-state index is 13.6. The van der Waals surface area contributed by atoms with Crippen molar-refractivity contribution in [1.82, 2.24) is 4.90 Å². The molecule has 0 aliphatic carbocycles. The van der Waals surface area contributed by atoms with Gasteiger partial charge >= 0.3 is 0 Å². The van der Waals surface area contributed by atoms with Crippen molar-refractivity contribution in [3.63, 3.8) is 0 Å². The average molecular weight is 533 g/mol. The first-order chi connectivity index (χ1) is 19.3. The van der Waals surface area contributed by atoms with Gasteiger partial charge in [-0.3, -0.25) is 19.3 Å². The van der Waals surface area contributed by atoms with Gasteiger partial charge in [-0.15, -0.1) is 0 Å². The molecule has 0 unspecified atom stereocenters. The second-order valence-electron chi connectivity index (χ2n) is 10.6. The summed E-state index contributed by atoms with van der Waals surface area (Å²) in [4.78, 5) is 41.1. The number of ether oxygens (including phenoxy) is 1. The van der Waals surface area contributed by atoms with E-state index in [-0.39, 0.29) is 11.8 Å². The summed E-state index contributed by atoms with van der Waals surface area (Å²) in [5.41, 5.74) is 3.35. The van der Waals surface area contributed by atoms with Crippen LogP contribution in [0.4, 0.5) is 5.69 Å². The van der Waals surface area contributed by atoms with Crippen LogP contribution in [0.2, 0.25) is 0 Å². The van der Waals surface area contributed by atoms with Crippen LogP contribution in [0.15, 0.2) is 103 Å². The van der Waals surface area contributed by atoms with Crippen molar-refractivity contribution in [2.75, 3.05) is 5.32 Å². The first-order valence-corrected chi connectivity index (χ1v) is 13.5. The molecular formula is C34H32N2O4. The Hall–Kier alpha value is -4.71. The number of amides is 3. The van der Waals surface area contributed by atoms with E-state index in [2.05, 4.69) is 38.2 Å². The molecule has 0 bridgehead atoms. The summed E-state index contributed by atoms with van der Waals surface area (Å²) in [5, 5.41) is 2.89. The highest BCUT2D eigenvalue weighted by atomic mass is 16.5. The number of hydrogen-bond donors (Lipinski definition) is 1. The number of nitrogens with zero attached hydrogens (tertiary/aromatic N) is 1. The van der Waals surface area contributed by atoms with Gasteiger partial charge in [0, 0.05) is 12.1 Å². The lowest BCUT2D eigenvalue weighted by Crippen LogP contribution is -2.48. The summed E-state index contributed by atoms with van der Waals surface area (Å²) < 4.78 is 6.00. The number of nitrogens with one attached hydrogen (secondary N) is 1. The Kier molecular flexibility index (Phi) is 7.52. The minimum Gasteiger partial charge on any atom is -0.457 e. The summed E-state index contributed by atoms with van der Waals surface area (Å²) in [5.74, 6) is -0.0219. The van der Waals surface area contributed by atoms with Crippen molar-refractivity contribution in [3.8, 4) is 11.5 Å². The fourth-order valence-electron chi connectivity index (χ4n) is 4.78. The molecule has 6 nitrogen and oxygen atoms in total. The van der Waals surface area contributed by atoms with Crippen LogP contribution in [0.3, 0.4) is 0 Å². The van der Waals surface area contributed by atoms with Crippen molar-refractivity contribution in [2.45, 2.75) is 45.1 Å². The fraction of sp³-hybridized carbons (Fsp3) is 0.206. The van der Waals surface area contributed by atoms with Gasteiger partial charge in [-0.25, -0.2) is 0 Å². The minimum absolute atomic E-state index is 0.101. The van der Waals surface area contributed by atoms with Gasteiger partial charge in [-0.05, 0) is 71.5 Å². The first kappa shape index (κ1) is 26.9. The summed E-state index contributed by atoms with van der Waals surface area (Å²) in [6.45, 7) is 6.61. The Morgan fingerprint density at radius 1 is 0.775 bits per heavy atom. The van der Waals surface area contributed by atoms with Crippen molar-refractivity contribution < 1.29 is 19.1 Å².